The van der Waals surface area contributed by atoms with Crippen LogP contribution in [-0.2, 0) is 4.79 Å². The highest BCUT2D eigenvalue weighted by Crippen LogP contribution is 2.34. The maximum absolute atomic E-state index is 12.2. The van der Waals surface area contributed by atoms with Crippen LogP contribution in [0.4, 0.5) is 14.5 Å². The van der Waals surface area contributed by atoms with E-state index in [4.69, 9.17) is 0 Å². The molecule has 108 valence electrons. The number of alkyl halides is 2. The van der Waals surface area contributed by atoms with Gasteiger partial charge in [-0.1, -0.05) is 11.8 Å². The SMILES string of the molecule is O=C(Nc1ccc(SC(F)F)cc1)C1CC2CCC1N2. The van der Waals surface area contributed by atoms with Crippen LogP contribution in [-0.4, -0.2) is 23.7 Å². The molecular weight excluding hydrogens is 282 g/mol. The van der Waals surface area contributed by atoms with Crippen LogP contribution >= 0.6 is 11.8 Å². The number of amides is 1. The first-order valence-electron chi connectivity index (χ1n) is 6.73. The lowest BCUT2D eigenvalue weighted by Gasteiger charge is -2.19. The lowest BCUT2D eigenvalue weighted by molar-refractivity contribution is -0.120. The van der Waals surface area contributed by atoms with E-state index in [1.165, 1.54) is 0 Å². The molecule has 2 fully saturated rings. The van der Waals surface area contributed by atoms with E-state index >= 15 is 0 Å². The average Bonchev–Trinajstić information content (AvgIpc) is 3.03. The van der Waals surface area contributed by atoms with Gasteiger partial charge in [-0.15, -0.1) is 0 Å². The molecule has 0 spiro atoms. The minimum atomic E-state index is -2.42. The van der Waals surface area contributed by atoms with Crippen molar-refractivity contribution < 1.29 is 13.6 Å². The molecule has 3 nitrogen and oxygen atoms in total. The van der Waals surface area contributed by atoms with Crippen LogP contribution in [0.25, 0.3) is 0 Å². The van der Waals surface area contributed by atoms with Crippen LogP contribution in [0.5, 0.6) is 0 Å². The molecule has 20 heavy (non-hydrogen) atoms. The van der Waals surface area contributed by atoms with Gasteiger partial charge in [0.05, 0.1) is 5.92 Å². The van der Waals surface area contributed by atoms with Gasteiger partial charge in [-0.2, -0.15) is 8.78 Å². The average molecular weight is 298 g/mol. The standard InChI is InChI=1S/C14H16F2N2OS/c15-14(16)20-10-4-1-8(2-5-10)18-13(19)11-7-9-3-6-12(11)17-9/h1-2,4-5,9,11-12,14,17H,3,6-7H2,(H,18,19). The number of carbonyl (C=O) groups excluding carboxylic acids is 1. The largest absolute Gasteiger partial charge is 0.326 e. The maximum atomic E-state index is 12.2. The summed E-state index contributed by atoms with van der Waals surface area (Å²) in [6.45, 7) is 0. The van der Waals surface area contributed by atoms with Gasteiger partial charge in [0.25, 0.3) is 5.76 Å². The van der Waals surface area contributed by atoms with E-state index in [0.717, 1.165) is 19.3 Å². The zero-order chi connectivity index (χ0) is 14.1. The second-order valence-electron chi connectivity index (χ2n) is 5.28. The summed E-state index contributed by atoms with van der Waals surface area (Å²) in [4.78, 5) is 12.7. The fraction of sp³-hybridized carbons (Fsp3) is 0.500. The molecule has 1 amide bonds. The molecule has 3 unspecified atom stereocenters. The van der Waals surface area contributed by atoms with Crippen molar-refractivity contribution in [1.29, 1.82) is 0 Å². The predicted molar refractivity (Wildman–Crippen MR) is 75.0 cm³/mol. The molecule has 2 bridgehead atoms. The summed E-state index contributed by atoms with van der Waals surface area (Å²) in [5.74, 6) is -2.36. The lowest BCUT2D eigenvalue weighted by atomic mass is 9.88. The van der Waals surface area contributed by atoms with Gasteiger partial charge in [-0.25, -0.2) is 0 Å². The zero-order valence-electron chi connectivity index (χ0n) is 10.8. The zero-order valence-corrected chi connectivity index (χ0v) is 11.6. The van der Waals surface area contributed by atoms with Crippen molar-refractivity contribution in [1.82, 2.24) is 5.32 Å². The summed E-state index contributed by atoms with van der Waals surface area (Å²) in [7, 11) is 0. The summed E-state index contributed by atoms with van der Waals surface area (Å²) in [6, 6.07) is 7.33. The van der Waals surface area contributed by atoms with Gasteiger partial charge >= 0.3 is 0 Å². The van der Waals surface area contributed by atoms with Crippen LogP contribution in [0.1, 0.15) is 19.3 Å². The number of rotatable bonds is 4. The fourth-order valence-corrected chi connectivity index (χ4v) is 3.57. The highest BCUT2D eigenvalue weighted by Gasteiger charge is 2.42. The second-order valence-corrected chi connectivity index (χ2v) is 6.35. The minimum absolute atomic E-state index is 0.0268. The van der Waals surface area contributed by atoms with Crippen molar-refractivity contribution in [2.45, 2.75) is 42.0 Å². The minimum Gasteiger partial charge on any atom is -0.326 e. The van der Waals surface area contributed by atoms with Gasteiger partial charge in [0.2, 0.25) is 5.91 Å². The molecule has 0 aromatic heterocycles. The van der Waals surface area contributed by atoms with E-state index < -0.39 is 5.76 Å². The van der Waals surface area contributed by atoms with Gasteiger partial charge < -0.3 is 10.6 Å². The smallest absolute Gasteiger partial charge is 0.288 e. The van der Waals surface area contributed by atoms with Gasteiger partial charge in [0.15, 0.2) is 0 Å². The Morgan fingerprint density at radius 2 is 2.05 bits per heavy atom. The number of carbonyl (C=O) groups is 1. The molecular formula is C14H16F2N2OS. The van der Waals surface area contributed by atoms with Crippen LogP contribution < -0.4 is 10.6 Å². The monoisotopic (exact) mass is 298 g/mol. The molecule has 2 aliphatic heterocycles. The molecule has 0 saturated carbocycles. The van der Waals surface area contributed by atoms with Crippen LogP contribution in [0.3, 0.4) is 0 Å². The molecule has 2 N–H and O–H groups in total. The second kappa shape index (κ2) is 5.69. The Bertz CT molecular complexity index is 494. The van der Waals surface area contributed by atoms with Crippen molar-refractivity contribution in [3.05, 3.63) is 24.3 Å². The topological polar surface area (TPSA) is 41.1 Å². The molecule has 2 saturated heterocycles. The first-order valence-corrected chi connectivity index (χ1v) is 7.61. The van der Waals surface area contributed by atoms with E-state index in [1.807, 2.05) is 0 Å². The first kappa shape index (κ1) is 13.8. The van der Waals surface area contributed by atoms with Crippen molar-refractivity contribution in [2.75, 3.05) is 5.32 Å². The molecule has 1 aromatic carbocycles. The predicted octanol–water partition coefficient (Wildman–Crippen LogP) is 3.08. The fourth-order valence-electron chi connectivity index (χ4n) is 3.07. The molecule has 0 aliphatic carbocycles. The van der Waals surface area contributed by atoms with Gasteiger partial charge in [-0.3, -0.25) is 4.79 Å². The highest BCUT2D eigenvalue weighted by atomic mass is 32.2. The summed E-state index contributed by atoms with van der Waals surface area (Å²) >= 11 is 0.505. The van der Waals surface area contributed by atoms with Crippen molar-refractivity contribution in [3.63, 3.8) is 0 Å². The van der Waals surface area contributed by atoms with E-state index in [-0.39, 0.29) is 11.8 Å². The molecule has 6 heteroatoms. The van der Waals surface area contributed by atoms with E-state index in [2.05, 4.69) is 10.6 Å². The summed E-state index contributed by atoms with van der Waals surface area (Å²) in [5.41, 5.74) is 0.663. The molecule has 2 aliphatic rings. The number of fused-ring (bicyclic) bond motifs is 2. The van der Waals surface area contributed by atoms with Crippen LogP contribution in [0.2, 0.25) is 0 Å². The van der Waals surface area contributed by atoms with Gasteiger partial charge in [-0.05, 0) is 43.5 Å². The van der Waals surface area contributed by atoms with Gasteiger partial charge in [0.1, 0.15) is 0 Å². The Morgan fingerprint density at radius 3 is 2.60 bits per heavy atom. The Kier molecular flexibility index (Phi) is 3.94. The Labute approximate surface area is 120 Å². The quantitative estimate of drug-likeness (QED) is 0.839. The van der Waals surface area contributed by atoms with E-state index in [9.17, 15) is 13.6 Å². The first-order chi connectivity index (χ1) is 9.61. The summed E-state index contributed by atoms with van der Waals surface area (Å²) in [6.07, 6.45) is 3.12. The van der Waals surface area contributed by atoms with Crippen LogP contribution in [0.15, 0.2) is 29.2 Å². The third-order valence-electron chi connectivity index (χ3n) is 3.98. The summed E-state index contributed by atoms with van der Waals surface area (Å²) < 4.78 is 24.4. The van der Waals surface area contributed by atoms with Crippen molar-refractivity contribution in [2.24, 2.45) is 5.92 Å². The van der Waals surface area contributed by atoms with Crippen molar-refractivity contribution in [3.8, 4) is 0 Å². The Hall–Kier alpha value is -1.14. The van der Waals surface area contributed by atoms with E-state index in [0.29, 0.717) is 34.4 Å². The molecule has 1 aromatic rings. The molecule has 3 rings (SSSR count). The third-order valence-corrected chi connectivity index (χ3v) is 4.71. The lowest BCUT2D eigenvalue weighted by Crippen LogP contribution is -2.32. The number of anilines is 1. The number of hydrogen-bond acceptors (Lipinski definition) is 3. The third kappa shape index (κ3) is 2.96. The van der Waals surface area contributed by atoms with E-state index in [1.54, 1.807) is 24.3 Å². The molecule has 0 radical (unpaired) electrons. The van der Waals surface area contributed by atoms with Crippen LogP contribution in [0, 0.1) is 5.92 Å². The molecule has 3 atom stereocenters. The van der Waals surface area contributed by atoms with Gasteiger partial charge in [0, 0.05) is 22.7 Å². The normalized spacial score (nSPS) is 28.1. The highest BCUT2D eigenvalue weighted by molar-refractivity contribution is 7.99. The number of halogens is 2. The number of benzene rings is 1. The molecule has 2 heterocycles. The maximum Gasteiger partial charge on any atom is 0.288 e. The number of nitrogens with one attached hydrogen (secondary N) is 2. The Balaban J connectivity index is 1.59. The Morgan fingerprint density at radius 1 is 1.30 bits per heavy atom. The van der Waals surface area contributed by atoms with Crippen molar-refractivity contribution >= 4 is 23.4 Å². The number of thioether (sulfide) groups is 1. The number of hydrogen-bond donors (Lipinski definition) is 2. The summed E-state index contributed by atoms with van der Waals surface area (Å²) in [5, 5.41) is 6.30.